The van der Waals surface area contributed by atoms with Gasteiger partial charge in [-0.25, -0.2) is 8.42 Å². The highest BCUT2D eigenvalue weighted by Crippen LogP contribution is 2.30. The molecule has 8 heteroatoms. The second-order valence-electron chi connectivity index (χ2n) is 6.28. The molecule has 0 aromatic heterocycles. The second kappa shape index (κ2) is 8.29. The average molecular weight is 388 g/mol. The number of nitrogens with zero attached hydrogens (tertiary/aromatic N) is 1. The Kier molecular flexibility index (Phi) is 6.59. The van der Waals surface area contributed by atoms with Crippen LogP contribution in [0.1, 0.15) is 55.3 Å². The van der Waals surface area contributed by atoms with Gasteiger partial charge in [-0.15, -0.1) is 0 Å². The van der Waals surface area contributed by atoms with Crippen LogP contribution in [0, 0.1) is 0 Å². The van der Waals surface area contributed by atoms with Crippen molar-refractivity contribution in [2.45, 2.75) is 55.9 Å². The molecular weight excluding hydrogens is 366 g/mol. The molecule has 138 valence electrons. The van der Waals surface area contributed by atoms with Crippen LogP contribution in [-0.2, 0) is 14.8 Å². The molecule has 25 heavy (non-hydrogen) atoms. The molecule has 0 bridgehead atoms. The lowest BCUT2D eigenvalue weighted by Crippen LogP contribution is -2.38. The van der Waals surface area contributed by atoms with E-state index in [0.29, 0.717) is 0 Å². The topological polar surface area (TPSA) is 91.8 Å². The number of hydrogen-bond acceptors (Lipinski definition) is 4. The molecule has 0 saturated heterocycles. The van der Waals surface area contributed by atoms with Crippen LogP contribution in [0.4, 0.5) is 0 Å². The summed E-state index contributed by atoms with van der Waals surface area (Å²) in [4.78, 5) is 22.6. The number of rotatable bonds is 7. The minimum absolute atomic E-state index is 0.0532. The summed E-state index contributed by atoms with van der Waals surface area (Å²) in [6.45, 7) is 0. The van der Waals surface area contributed by atoms with E-state index in [0.717, 1.165) is 32.1 Å². The number of carboxylic acids is 1. The Bertz CT molecular complexity index is 756. The van der Waals surface area contributed by atoms with Crippen LogP contribution in [-0.4, -0.2) is 42.7 Å². The van der Waals surface area contributed by atoms with Gasteiger partial charge in [0.15, 0.2) is 5.78 Å². The van der Waals surface area contributed by atoms with E-state index in [4.69, 9.17) is 16.7 Å². The zero-order valence-corrected chi connectivity index (χ0v) is 15.6. The van der Waals surface area contributed by atoms with Gasteiger partial charge in [0.05, 0.1) is 11.4 Å². The number of hydrogen-bond donors (Lipinski definition) is 1. The van der Waals surface area contributed by atoms with Gasteiger partial charge >= 0.3 is 5.97 Å². The molecular formula is C17H22ClNO5S. The van der Waals surface area contributed by atoms with E-state index in [1.54, 1.807) is 7.05 Å². The van der Waals surface area contributed by atoms with Crippen LogP contribution in [0.5, 0.6) is 0 Å². The van der Waals surface area contributed by atoms with Crippen molar-refractivity contribution in [2.24, 2.45) is 0 Å². The Hall–Kier alpha value is -1.44. The van der Waals surface area contributed by atoms with Crippen LogP contribution >= 0.6 is 11.6 Å². The van der Waals surface area contributed by atoms with Crippen molar-refractivity contribution >= 4 is 33.4 Å². The van der Waals surface area contributed by atoms with E-state index >= 15 is 0 Å². The third-order valence-corrected chi connectivity index (χ3v) is 6.96. The molecule has 0 spiro atoms. The highest BCUT2D eigenvalue weighted by atomic mass is 35.5. The summed E-state index contributed by atoms with van der Waals surface area (Å²) in [6.07, 6.45) is 4.23. The Morgan fingerprint density at radius 3 is 2.44 bits per heavy atom. The van der Waals surface area contributed by atoms with Gasteiger partial charge in [-0.1, -0.05) is 30.9 Å². The highest BCUT2D eigenvalue weighted by Gasteiger charge is 2.31. The van der Waals surface area contributed by atoms with Gasteiger partial charge in [-0.2, -0.15) is 4.31 Å². The van der Waals surface area contributed by atoms with Crippen LogP contribution < -0.4 is 0 Å². The first-order valence-corrected chi connectivity index (χ1v) is 10.1. The number of carboxylic acid groups (broad SMARTS) is 1. The lowest BCUT2D eigenvalue weighted by molar-refractivity contribution is -0.136. The monoisotopic (exact) mass is 387 g/mol. The molecule has 1 aromatic rings. The molecule has 0 aliphatic heterocycles. The third kappa shape index (κ3) is 4.80. The quantitative estimate of drug-likeness (QED) is 0.724. The van der Waals surface area contributed by atoms with Gasteiger partial charge in [-0.05, 0) is 31.0 Å². The molecule has 1 N–H and O–H groups in total. The number of benzene rings is 1. The summed E-state index contributed by atoms with van der Waals surface area (Å²) < 4.78 is 27.2. The first kappa shape index (κ1) is 19.9. The number of carbonyl (C=O) groups is 2. The number of halogens is 1. The Morgan fingerprint density at radius 1 is 1.20 bits per heavy atom. The predicted octanol–water partition coefficient (Wildman–Crippen LogP) is 3.34. The number of carbonyl (C=O) groups excluding carboxylic acids is 1. The number of ketones is 1. The molecule has 1 saturated carbocycles. The summed E-state index contributed by atoms with van der Waals surface area (Å²) >= 11 is 6.08. The van der Waals surface area contributed by atoms with E-state index < -0.39 is 21.8 Å². The molecule has 1 aliphatic rings. The largest absolute Gasteiger partial charge is 0.481 e. The summed E-state index contributed by atoms with van der Waals surface area (Å²) in [5.41, 5.74) is 0.154. The van der Waals surface area contributed by atoms with Crippen LogP contribution in [0.25, 0.3) is 0 Å². The maximum absolute atomic E-state index is 12.9. The van der Waals surface area contributed by atoms with Crippen molar-refractivity contribution in [1.29, 1.82) is 0 Å². The van der Waals surface area contributed by atoms with E-state index in [1.807, 2.05) is 0 Å². The number of sulfonamides is 1. The molecule has 6 nitrogen and oxygen atoms in total. The SMILES string of the molecule is CN(C1CCCCC1)S(=O)(=O)c1cc(C(=O)CCC(=O)O)ccc1Cl. The number of aliphatic carboxylic acids is 1. The minimum Gasteiger partial charge on any atom is -0.481 e. The lowest BCUT2D eigenvalue weighted by atomic mass is 9.96. The Labute approximate surface area is 152 Å². The molecule has 0 unspecified atom stereocenters. The molecule has 1 aromatic carbocycles. The van der Waals surface area contributed by atoms with Gasteiger partial charge in [0.1, 0.15) is 4.90 Å². The molecule has 2 rings (SSSR count). The summed E-state index contributed by atoms with van der Waals surface area (Å²) in [6, 6.07) is 3.98. The van der Waals surface area contributed by atoms with Gasteiger partial charge in [-0.3, -0.25) is 9.59 Å². The predicted molar refractivity (Wildman–Crippen MR) is 94.5 cm³/mol. The van der Waals surface area contributed by atoms with Crippen molar-refractivity contribution < 1.29 is 23.1 Å². The molecule has 0 radical (unpaired) electrons. The molecule has 1 aliphatic carbocycles. The minimum atomic E-state index is -3.82. The number of Topliss-reactive ketones (excluding diaryl/α,β-unsaturated/α-hetero) is 1. The van der Waals surface area contributed by atoms with Gasteiger partial charge in [0, 0.05) is 25.1 Å². The van der Waals surface area contributed by atoms with Gasteiger partial charge in [0.2, 0.25) is 10.0 Å². The van der Waals surface area contributed by atoms with E-state index in [1.165, 1.54) is 22.5 Å². The molecule has 0 atom stereocenters. The third-order valence-electron chi connectivity index (χ3n) is 4.57. The van der Waals surface area contributed by atoms with E-state index in [-0.39, 0.29) is 34.4 Å². The fraction of sp³-hybridized carbons (Fsp3) is 0.529. The zero-order chi connectivity index (χ0) is 18.6. The first-order chi connectivity index (χ1) is 11.7. The van der Waals surface area contributed by atoms with Crippen molar-refractivity contribution in [2.75, 3.05) is 7.05 Å². The van der Waals surface area contributed by atoms with E-state index in [2.05, 4.69) is 0 Å². The van der Waals surface area contributed by atoms with Gasteiger partial charge < -0.3 is 5.11 Å². The lowest BCUT2D eigenvalue weighted by Gasteiger charge is -2.30. The van der Waals surface area contributed by atoms with Gasteiger partial charge in [0.25, 0.3) is 0 Å². The average Bonchev–Trinajstić information content (AvgIpc) is 2.59. The standard InChI is InChI=1S/C17H22ClNO5S/c1-19(13-5-3-2-4-6-13)25(23,24)16-11-12(7-8-14(16)18)15(20)9-10-17(21)22/h7-8,11,13H,2-6,9-10H2,1H3,(H,21,22). The maximum atomic E-state index is 12.9. The normalized spacial score (nSPS) is 16.1. The first-order valence-electron chi connectivity index (χ1n) is 8.26. The zero-order valence-electron chi connectivity index (χ0n) is 14.1. The maximum Gasteiger partial charge on any atom is 0.303 e. The molecule has 1 fully saturated rings. The van der Waals surface area contributed by atoms with Crippen molar-refractivity contribution in [3.8, 4) is 0 Å². The van der Waals surface area contributed by atoms with Crippen LogP contribution in [0.15, 0.2) is 23.1 Å². The summed E-state index contributed by atoms with van der Waals surface area (Å²) in [7, 11) is -2.28. The van der Waals surface area contributed by atoms with Crippen molar-refractivity contribution in [1.82, 2.24) is 4.31 Å². The highest BCUT2D eigenvalue weighted by molar-refractivity contribution is 7.89. The van der Waals surface area contributed by atoms with Crippen molar-refractivity contribution in [3.63, 3.8) is 0 Å². The second-order valence-corrected chi connectivity index (χ2v) is 8.65. The summed E-state index contributed by atoms with van der Waals surface area (Å²) in [5.74, 6) is -1.50. The fourth-order valence-electron chi connectivity index (χ4n) is 3.04. The van der Waals surface area contributed by atoms with Crippen LogP contribution in [0.2, 0.25) is 5.02 Å². The Balaban J connectivity index is 2.28. The molecule has 0 heterocycles. The van der Waals surface area contributed by atoms with Crippen molar-refractivity contribution in [3.05, 3.63) is 28.8 Å². The Morgan fingerprint density at radius 2 is 1.84 bits per heavy atom. The smallest absolute Gasteiger partial charge is 0.303 e. The van der Waals surface area contributed by atoms with Crippen LogP contribution in [0.3, 0.4) is 0 Å². The van der Waals surface area contributed by atoms with E-state index in [9.17, 15) is 18.0 Å². The molecule has 0 amide bonds. The summed E-state index contributed by atoms with van der Waals surface area (Å²) in [5, 5.41) is 8.73. The fourth-order valence-corrected chi connectivity index (χ4v) is 4.95.